The van der Waals surface area contributed by atoms with Crippen LogP contribution in [0.25, 0.3) is 0 Å². The van der Waals surface area contributed by atoms with Gasteiger partial charge in [0.05, 0.1) is 0 Å². The van der Waals surface area contributed by atoms with Gasteiger partial charge in [-0.3, -0.25) is 15.0 Å². The summed E-state index contributed by atoms with van der Waals surface area (Å²) in [5, 5.41) is 9.21. The van der Waals surface area contributed by atoms with Crippen molar-refractivity contribution < 1.29 is 24.2 Å². The monoisotopic (exact) mass is 304 g/mol. The Kier molecular flexibility index (Phi) is 4.77. The van der Waals surface area contributed by atoms with E-state index >= 15 is 0 Å². The van der Waals surface area contributed by atoms with E-state index in [2.05, 4.69) is 10.9 Å². The summed E-state index contributed by atoms with van der Waals surface area (Å²) < 4.78 is 4.91. The van der Waals surface area contributed by atoms with E-state index in [0.717, 1.165) is 5.56 Å². The Morgan fingerprint density at radius 1 is 1.09 bits per heavy atom. The van der Waals surface area contributed by atoms with Gasteiger partial charge < -0.3 is 9.84 Å². The SMILES string of the molecule is O=C(NNC(=O)C1(C(=O)O)CC=CC1)OCc1ccccc1. The van der Waals surface area contributed by atoms with Crippen LogP contribution in [0.15, 0.2) is 42.5 Å². The van der Waals surface area contributed by atoms with E-state index in [1.807, 2.05) is 18.2 Å². The van der Waals surface area contributed by atoms with Gasteiger partial charge in [-0.1, -0.05) is 42.5 Å². The highest BCUT2D eigenvalue weighted by Crippen LogP contribution is 2.33. The standard InChI is InChI=1S/C15H16N2O5/c18-12(15(13(19)20)8-4-5-9-15)16-17-14(21)22-10-11-6-2-1-3-7-11/h1-7H,8-10H2,(H,16,18)(H,17,21)(H,19,20). The number of benzene rings is 1. The molecule has 0 aromatic heterocycles. The number of hydrazine groups is 1. The molecule has 0 aliphatic heterocycles. The van der Waals surface area contributed by atoms with Gasteiger partial charge in [0.2, 0.25) is 0 Å². The Morgan fingerprint density at radius 2 is 1.73 bits per heavy atom. The Morgan fingerprint density at radius 3 is 2.32 bits per heavy atom. The summed E-state index contributed by atoms with van der Waals surface area (Å²) in [5.74, 6) is -2.00. The Labute approximate surface area is 126 Å². The predicted octanol–water partition coefficient (Wildman–Crippen LogP) is 1.36. The number of carbonyl (C=O) groups is 3. The molecule has 0 bridgehead atoms. The lowest BCUT2D eigenvalue weighted by atomic mass is 9.85. The highest BCUT2D eigenvalue weighted by molar-refractivity contribution is 6.03. The molecule has 0 spiro atoms. The van der Waals surface area contributed by atoms with Crippen molar-refractivity contribution in [1.82, 2.24) is 10.9 Å². The zero-order valence-electron chi connectivity index (χ0n) is 11.7. The molecule has 0 heterocycles. The fourth-order valence-electron chi connectivity index (χ4n) is 2.10. The number of carboxylic acid groups (broad SMARTS) is 1. The van der Waals surface area contributed by atoms with Crippen molar-refractivity contribution in [3.05, 3.63) is 48.0 Å². The molecule has 22 heavy (non-hydrogen) atoms. The zero-order valence-corrected chi connectivity index (χ0v) is 11.7. The molecule has 1 aliphatic carbocycles. The highest BCUT2D eigenvalue weighted by Gasteiger charge is 2.46. The fraction of sp³-hybridized carbons (Fsp3) is 0.267. The number of aliphatic carboxylic acids is 1. The summed E-state index contributed by atoms with van der Waals surface area (Å²) in [7, 11) is 0. The first-order chi connectivity index (χ1) is 10.5. The van der Waals surface area contributed by atoms with Crippen molar-refractivity contribution in [2.24, 2.45) is 5.41 Å². The maximum Gasteiger partial charge on any atom is 0.426 e. The lowest BCUT2D eigenvalue weighted by molar-refractivity contribution is -0.155. The largest absolute Gasteiger partial charge is 0.480 e. The van der Waals surface area contributed by atoms with Crippen LogP contribution in [0, 0.1) is 5.41 Å². The lowest BCUT2D eigenvalue weighted by Crippen LogP contribution is -2.51. The van der Waals surface area contributed by atoms with Gasteiger partial charge in [-0.15, -0.1) is 0 Å². The summed E-state index contributed by atoms with van der Waals surface area (Å²) in [5.41, 5.74) is 3.39. The number of amides is 2. The molecule has 7 heteroatoms. The summed E-state index contributed by atoms with van der Waals surface area (Å²) >= 11 is 0. The van der Waals surface area contributed by atoms with E-state index in [-0.39, 0.29) is 19.4 Å². The van der Waals surface area contributed by atoms with E-state index < -0.39 is 23.4 Å². The number of carboxylic acids is 1. The normalized spacial score (nSPS) is 15.1. The molecule has 0 saturated carbocycles. The average molecular weight is 304 g/mol. The highest BCUT2D eigenvalue weighted by atomic mass is 16.6. The zero-order chi connectivity index (χ0) is 16.0. The molecule has 2 rings (SSSR count). The molecule has 0 atom stereocenters. The number of hydrogen-bond acceptors (Lipinski definition) is 4. The molecule has 0 radical (unpaired) electrons. The van der Waals surface area contributed by atoms with Gasteiger partial charge in [-0.2, -0.15) is 0 Å². The molecule has 0 saturated heterocycles. The second-order valence-corrected chi connectivity index (χ2v) is 4.91. The van der Waals surface area contributed by atoms with Crippen LogP contribution in [-0.4, -0.2) is 23.1 Å². The van der Waals surface area contributed by atoms with Crippen molar-refractivity contribution in [3.63, 3.8) is 0 Å². The molecule has 1 aromatic rings. The Balaban J connectivity index is 1.80. The molecule has 3 N–H and O–H groups in total. The smallest absolute Gasteiger partial charge is 0.426 e. The van der Waals surface area contributed by atoms with E-state index in [1.54, 1.807) is 24.3 Å². The molecule has 7 nitrogen and oxygen atoms in total. The Bertz CT molecular complexity index is 589. The molecule has 0 unspecified atom stereocenters. The van der Waals surface area contributed by atoms with E-state index in [1.165, 1.54) is 0 Å². The number of carbonyl (C=O) groups excluding carboxylic acids is 2. The van der Waals surface area contributed by atoms with Crippen LogP contribution < -0.4 is 10.9 Å². The molecular weight excluding hydrogens is 288 g/mol. The van der Waals surface area contributed by atoms with E-state index in [9.17, 15) is 19.5 Å². The van der Waals surface area contributed by atoms with Crippen molar-refractivity contribution in [3.8, 4) is 0 Å². The first kappa shape index (κ1) is 15.6. The number of allylic oxidation sites excluding steroid dienone is 2. The number of nitrogens with one attached hydrogen (secondary N) is 2. The van der Waals surface area contributed by atoms with Crippen LogP contribution >= 0.6 is 0 Å². The summed E-state index contributed by atoms with van der Waals surface area (Å²) in [4.78, 5) is 34.8. The number of rotatable bonds is 4. The van der Waals surface area contributed by atoms with Crippen LogP contribution in [0.1, 0.15) is 18.4 Å². The van der Waals surface area contributed by atoms with E-state index in [0.29, 0.717) is 0 Å². The molecule has 116 valence electrons. The van der Waals surface area contributed by atoms with Crippen molar-refractivity contribution in [2.45, 2.75) is 19.4 Å². The summed E-state index contributed by atoms with van der Waals surface area (Å²) in [6.07, 6.45) is 2.58. The van der Waals surface area contributed by atoms with Crippen LogP contribution in [0.4, 0.5) is 4.79 Å². The minimum absolute atomic E-state index is 0.0498. The third kappa shape index (κ3) is 3.43. The Hall–Kier alpha value is -2.83. The molecule has 1 aromatic carbocycles. The fourth-order valence-corrected chi connectivity index (χ4v) is 2.10. The van der Waals surface area contributed by atoms with Crippen molar-refractivity contribution in [2.75, 3.05) is 0 Å². The van der Waals surface area contributed by atoms with E-state index in [4.69, 9.17) is 4.74 Å². The van der Waals surface area contributed by atoms with Crippen LogP contribution in [0.2, 0.25) is 0 Å². The molecular formula is C15H16N2O5. The molecule has 1 aliphatic rings. The maximum absolute atomic E-state index is 12.0. The predicted molar refractivity (Wildman–Crippen MR) is 76.3 cm³/mol. The van der Waals surface area contributed by atoms with Gasteiger partial charge in [0.15, 0.2) is 5.41 Å². The van der Waals surface area contributed by atoms with Gasteiger partial charge in [0, 0.05) is 0 Å². The molecule has 0 fully saturated rings. The average Bonchev–Trinajstić information content (AvgIpc) is 3.02. The first-order valence-corrected chi connectivity index (χ1v) is 6.70. The van der Waals surface area contributed by atoms with Crippen LogP contribution in [-0.2, 0) is 20.9 Å². The van der Waals surface area contributed by atoms with Gasteiger partial charge in [0.25, 0.3) is 5.91 Å². The third-order valence-electron chi connectivity index (χ3n) is 3.43. The quantitative estimate of drug-likeness (QED) is 0.442. The maximum atomic E-state index is 12.0. The lowest BCUT2D eigenvalue weighted by Gasteiger charge is -2.22. The summed E-state index contributed by atoms with van der Waals surface area (Å²) in [6, 6.07) is 9.03. The minimum Gasteiger partial charge on any atom is -0.480 e. The topological polar surface area (TPSA) is 105 Å². The third-order valence-corrected chi connectivity index (χ3v) is 3.43. The van der Waals surface area contributed by atoms with Gasteiger partial charge in [0.1, 0.15) is 6.61 Å². The first-order valence-electron chi connectivity index (χ1n) is 6.70. The number of ether oxygens (including phenoxy) is 1. The van der Waals surface area contributed by atoms with Crippen LogP contribution in [0.5, 0.6) is 0 Å². The van der Waals surface area contributed by atoms with Crippen molar-refractivity contribution >= 4 is 18.0 Å². The minimum atomic E-state index is -1.56. The van der Waals surface area contributed by atoms with Crippen LogP contribution in [0.3, 0.4) is 0 Å². The van der Waals surface area contributed by atoms with Gasteiger partial charge >= 0.3 is 12.1 Å². The summed E-state index contributed by atoms with van der Waals surface area (Å²) in [6.45, 7) is 0.0498. The van der Waals surface area contributed by atoms with Crippen molar-refractivity contribution in [1.29, 1.82) is 0 Å². The van der Waals surface area contributed by atoms with Gasteiger partial charge in [-0.05, 0) is 18.4 Å². The molecule has 2 amide bonds. The number of hydrogen-bond donors (Lipinski definition) is 3. The van der Waals surface area contributed by atoms with Gasteiger partial charge in [-0.25, -0.2) is 10.2 Å². The second-order valence-electron chi connectivity index (χ2n) is 4.91. The second kappa shape index (κ2) is 6.75.